The molecular formula is C58H79N9O9. The number of anilines is 2. The number of aromatic nitrogens is 4. The molecule has 0 saturated carbocycles. The molecule has 18 heteroatoms. The fourth-order valence-corrected chi connectivity index (χ4v) is 8.27. The first-order chi connectivity index (χ1) is 36.3. The van der Waals surface area contributed by atoms with Crippen molar-refractivity contribution in [3.05, 3.63) is 123 Å². The van der Waals surface area contributed by atoms with Crippen molar-refractivity contribution in [3.63, 3.8) is 0 Å². The Bertz CT molecular complexity index is 2550. The molecule has 0 aliphatic rings. The van der Waals surface area contributed by atoms with Gasteiger partial charge >= 0.3 is 6.03 Å². The molecule has 2 atom stereocenters. The van der Waals surface area contributed by atoms with Gasteiger partial charge in [-0.2, -0.15) is 0 Å². The Morgan fingerprint density at radius 2 is 1.36 bits per heavy atom. The first-order valence-corrected chi connectivity index (χ1v) is 26.2. The Labute approximate surface area is 448 Å². The maximum atomic E-state index is 13.8. The normalized spacial score (nSPS) is 11.8. The first-order valence-electron chi connectivity index (χ1n) is 26.2. The Morgan fingerprint density at radius 3 is 2.07 bits per heavy atom. The number of aryl methyl sites for hydroxylation is 1. The molecule has 0 spiro atoms. The van der Waals surface area contributed by atoms with Gasteiger partial charge in [0.05, 0.1) is 57.4 Å². The Morgan fingerprint density at radius 1 is 0.697 bits per heavy atom. The number of ketones is 2. The molecule has 0 radical (unpaired) electrons. The van der Waals surface area contributed by atoms with Crippen molar-refractivity contribution in [1.82, 2.24) is 25.6 Å². The summed E-state index contributed by atoms with van der Waals surface area (Å²) in [6, 6.07) is 27.9. The van der Waals surface area contributed by atoms with Crippen molar-refractivity contribution in [2.24, 2.45) is 17.6 Å². The van der Waals surface area contributed by atoms with Crippen LogP contribution in [0.5, 0.6) is 0 Å². The van der Waals surface area contributed by atoms with Crippen LogP contribution in [0.2, 0.25) is 0 Å². The molecule has 0 unspecified atom stereocenters. The fraction of sp³-hybridized carbons (Fsp3) is 0.448. The molecule has 18 nitrogen and oxygen atoms in total. The van der Waals surface area contributed by atoms with Crippen molar-refractivity contribution >= 4 is 46.7 Å². The first kappa shape index (κ1) is 61.4. The number of carbonyl (C=O) groups is 6. The van der Waals surface area contributed by atoms with Gasteiger partial charge in [-0.05, 0) is 68.4 Å². The van der Waals surface area contributed by atoms with Crippen LogP contribution < -0.4 is 31.6 Å². The molecule has 0 saturated heterocycles. The number of hydrogen-bond donors (Lipinski definition) is 5. The number of nitrogens with two attached hydrogens (primary N) is 1. The van der Waals surface area contributed by atoms with Crippen LogP contribution in [0.4, 0.5) is 16.2 Å². The number of pyridine rings is 1. The highest BCUT2D eigenvalue weighted by molar-refractivity contribution is 5.98. The fourth-order valence-electron chi connectivity index (χ4n) is 8.27. The molecule has 5 rings (SSSR count). The second-order valence-corrected chi connectivity index (χ2v) is 18.9. The van der Waals surface area contributed by atoms with E-state index in [1.807, 2.05) is 128 Å². The van der Waals surface area contributed by atoms with Gasteiger partial charge in [0.15, 0.2) is 24.7 Å². The number of rotatable bonds is 36. The smallest absolute Gasteiger partial charge is 0.312 e. The third-order valence-electron chi connectivity index (χ3n) is 12.3. The molecule has 2 aromatic heterocycles. The van der Waals surface area contributed by atoms with Crippen LogP contribution in [0.25, 0.3) is 22.4 Å². The second-order valence-electron chi connectivity index (χ2n) is 18.9. The number of urea groups is 1. The van der Waals surface area contributed by atoms with Gasteiger partial charge < -0.3 is 48.6 Å². The van der Waals surface area contributed by atoms with Crippen LogP contribution in [-0.4, -0.2) is 103 Å². The number of unbranched alkanes of at least 4 members (excludes halogenated alkanes) is 4. The molecule has 5 amide bonds. The summed E-state index contributed by atoms with van der Waals surface area (Å²) in [6.07, 6.45) is 12.2. The number of hydrogen-bond acceptors (Lipinski definition) is 11. The van der Waals surface area contributed by atoms with E-state index in [-0.39, 0.29) is 75.2 Å². The minimum absolute atomic E-state index is 0. The van der Waals surface area contributed by atoms with E-state index in [0.29, 0.717) is 64.3 Å². The van der Waals surface area contributed by atoms with E-state index in [0.717, 1.165) is 72.3 Å². The van der Waals surface area contributed by atoms with Crippen LogP contribution in [0, 0.1) is 19.3 Å². The number of primary amides is 1. The van der Waals surface area contributed by atoms with Crippen LogP contribution in [0.1, 0.15) is 97.0 Å². The molecule has 410 valence electrons. The number of nitrogens with zero attached hydrogens (tertiary/aromatic N) is 4. The van der Waals surface area contributed by atoms with E-state index in [1.165, 1.54) is 6.92 Å². The van der Waals surface area contributed by atoms with Gasteiger partial charge in [0, 0.05) is 73.3 Å². The number of nitrogens with one attached hydrogen (secondary N) is 4. The van der Waals surface area contributed by atoms with Crippen molar-refractivity contribution < 1.29 is 47.5 Å². The maximum absolute atomic E-state index is 13.8. The molecule has 3 aromatic carbocycles. The van der Waals surface area contributed by atoms with E-state index < -0.39 is 18.0 Å². The third kappa shape index (κ3) is 23.2. The van der Waals surface area contributed by atoms with E-state index in [9.17, 15) is 28.8 Å². The van der Waals surface area contributed by atoms with Crippen molar-refractivity contribution in [3.8, 4) is 22.4 Å². The van der Waals surface area contributed by atoms with Crippen LogP contribution in [-0.2, 0) is 51.3 Å². The minimum Gasteiger partial charge on any atom is -0.379 e. The lowest BCUT2D eigenvalue weighted by Crippen LogP contribution is -2.45. The van der Waals surface area contributed by atoms with Crippen LogP contribution >= 0.6 is 0 Å². The molecule has 0 bridgehead atoms. The topological polar surface area (TPSA) is 239 Å². The Kier molecular flexibility index (Phi) is 27.8. The molecule has 6 N–H and O–H groups in total. The average molecular weight is 1050 g/mol. The number of para-hydroxylation sites is 1. The molecule has 0 fully saturated rings. The molecule has 5 aromatic rings. The highest BCUT2D eigenvalue weighted by atomic mass is 16.5. The maximum Gasteiger partial charge on any atom is 0.312 e. The predicted octanol–water partition coefficient (Wildman–Crippen LogP) is 7.90. The number of carbonyl (C=O) groups excluding carboxylic acids is 6. The highest BCUT2D eigenvalue weighted by Gasteiger charge is 2.29. The quantitative estimate of drug-likeness (QED) is 0.0147. The summed E-state index contributed by atoms with van der Waals surface area (Å²) < 4.78 is 20.2. The Hall–Kier alpha value is -7.15. The SMILES string of the molecule is CC(=O)CCOCCOCCOCCC(=O)N[C@H](C(=O)C[C@@H](CCCNC(N)=O)C(=O)Nc1ccc(C[n+]2cccc(-c3cn(CCCCCCCC(=O)Nc4ccccc4-c4ccccc4)nn3)c2)cc1)C(C)C.[CH3-]. The summed E-state index contributed by atoms with van der Waals surface area (Å²) in [5.41, 5.74) is 11.4. The lowest BCUT2D eigenvalue weighted by Gasteiger charge is -2.24. The molecule has 0 aliphatic carbocycles. The van der Waals surface area contributed by atoms with Crippen LogP contribution in [0.15, 0.2) is 110 Å². The lowest BCUT2D eigenvalue weighted by atomic mass is 9.89. The lowest BCUT2D eigenvalue weighted by molar-refractivity contribution is -0.687. The van der Waals surface area contributed by atoms with Gasteiger partial charge in [-0.25, -0.2) is 9.36 Å². The summed E-state index contributed by atoms with van der Waals surface area (Å²) in [4.78, 5) is 75.4. The van der Waals surface area contributed by atoms with Gasteiger partial charge in [0.2, 0.25) is 17.7 Å². The van der Waals surface area contributed by atoms with Crippen molar-refractivity contribution in [1.29, 1.82) is 0 Å². The number of amides is 5. The van der Waals surface area contributed by atoms with Crippen molar-refractivity contribution in [2.45, 2.75) is 111 Å². The van der Waals surface area contributed by atoms with E-state index in [2.05, 4.69) is 36.1 Å². The number of benzene rings is 3. The van der Waals surface area contributed by atoms with E-state index in [1.54, 1.807) is 0 Å². The standard InChI is InChI=1S/C57H75N9O9.CH3/c1-42(2)55(62-54(70)28-33-74-35-37-75-36-34-73-32-27-43(3)67)52(68)38-46(18-14-29-59-57(58)72)56(71)60-48-25-23-44(24-26-48)39-65-30-15-19-47(40-65)51-41-66(64-63-51)31-13-6-4-5-10-22-53(69)61-50-21-12-11-20-49(50)45-16-8-7-9-17-45;/h7-9,11-12,15-17,19-21,23-26,30,40-42,46,55H,4-6,10,13-14,18,22,27-29,31-39H2,1-3H3,(H5-,58,59,60,61,62,69,70,71,72);1H3/q;-1/p+1/t46-,55+;/m1./s1. The zero-order chi connectivity index (χ0) is 53.6. The molecular weight excluding hydrogens is 967 g/mol. The second kappa shape index (κ2) is 34.4. The zero-order valence-corrected chi connectivity index (χ0v) is 44.8. The van der Waals surface area contributed by atoms with Gasteiger partial charge in [-0.3, -0.25) is 28.7 Å². The molecule has 0 aliphatic heterocycles. The van der Waals surface area contributed by atoms with Gasteiger partial charge in [-0.15, -0.1) is 5.10 Å². The zero-order valence-electron chi connectivity index (χ0n) is 44.8. The van der Waals surface area contributed by atoms with Gasteiger partial charge in [0.25, 0.3) is 0 Å². The highest BCUT2D eigenvalue weighted by Crippen LogP contribution is 2.28. The van der Waals surface area contributed by atoms with Gasteiger partial charge in [0.1, 0.15) is 11.5 Å². The van der Waals surface area contributed by atoms with E-state index in [4.69, 9.17) is 19.9 Å². The predicted molar refractivity (Wildman–Crippen MR) is 294 cm³/mol. The number of ether oxygens (including phenoxy) is 3. The largest absolute Gasteiger partial charge is 0.379 e. The monoisotopic (exact) mass is 1050 g/mol. The summed E-state index contributed by atoms with van der Waals surface area (Å²) in [5.74, 6) is -1.86. The van der Waals surface area contributed by atoms with Crippen LogP contribution in [0.3, 0.4) is 0 Å². The summed E-state index contributed by atoms with van der Waals surface area (Å²) in [5, 5.41) is 20.2. The Balaban J connectivity index is 0.0000125. The summed E-state index contributed by atoms with van der Waals surface area (Å²) in [7, 11) is 0. The average Bonchev–Trinajstić information content (AvgIpc) is 3.88. The third-order valence-corrected chi connectivity index (χ3v) is 12.3. The minimum atomic E-state index is -0.818. The van der Waals surface area contributed by atoms with Crippen molar-refractivity contribution in [2.75, 3.05) is 56.8 Å². The van der Waals surface area contributed by atoms with Gasteiger partial charge in [-0.1, -0.05) is 99.0 Å². The summed E-state index contributed by atoms with van der Waals surface area (Å²) in [6.45, 7) is 8.55. The molecule has 2 heterocycles. The number of Topliss-reactive ketones (excluding diaryl/α,β-unsaturated/α-hetero) is 2. The molecule has 76 heavy (non-hydrogen) atoms. The van der Waals surface area contributed by atoms with E-state index >= 15 is 0 Å². The summed E-state index contributed by atoms with van der Waals surface area (Å²) >= 11 is 0.